The molecule has 1 N–H and O–H groups in total. The Hall–Kier alpha value is -2.89. The fourth-order valence-corrected chi connectivity index (χ4v) is 4.74. The Kier molecular flexibility index (Phi) is 6.77. The zero-order chi connectivity index (χ0) is 22.7. The van der Waals surface area contributed by atoms with Crippen molar-refractivity contribution in [3.8, 4) is 0 Å². The predicted molar refractivity (Wildman–Crippen MR) is 128 cm³/mol. The van der Waals surface area contributed by atoms with Crippen molar-refractivity contribution in [1.29, 1.82) is 0 Å². The minimum absolute atomic E-state index is 0.0337. The molecule has 0 amide bonds. The number of hydrogen-bond donors (Lipinski definition) is 1. The molecule has 0 atom stereocenters. The number of carbonyl (C=O) groups is 1. The second kappa shape index (κ2) is 9.72. The normalized spacial score (nSPS) is 18.6. The van der Waals surface area contributed by atoms with Gasteiger partial charge in [-0.3, -0.25) is 4.79 Å². The van der Waals surface area contributed by atoms with Crippen LogP contribution < -0.4 is 5.32 Å². The van der Waals surface area contributed by atoms with E-state index in [1.807, 2.05) is 13.8 Å². The molecule has 0 spiro atoms. The smallest absolute Gasteiger partial charge is 0.308 e. The minimum atomic E-state index is -0.0337. The Bertz CT molecular complexity index is 1080. The molecule has 6 heteroatoms. The number of ether oxygens (including phenoxy) is 1. The molecule has 0 bridgehead atoms. The summed E-state index contributed by atoms with van der Waals surface area (Å²) >= 11 is 0. The van der Waals surface area contributed by atoms with Crippen LogP contribution in [0, 0.1) is 19.8 Å². The van der Waals surface area contributed by atoms with E-state index >= 15 is 0 Å². The number of pyridine rings is 1. The first-order chi connectivity index (χ1) is 15.5. The van der Waals surface area contributed by atoms with E-state index in [-0.39, 0.29) is 11.9 Å². The van der Waals surface area contributed by atoms with Gasteiger partial charge in [-0.05, 0) is 75.8 Å². The molecular weight excluding hydrogens is 400 g/mol. The van der Waals surface area contributed by atoms with E-state index < -0.39 is 0 Å². The van der Waals surface area contributed by atoms with Gasteiger partial charge in [0.25, 0.3) is 0 Å². The lowest BCUT2D eigenvalue weighted by atomic mass is 9.86. The minimum Gasteiger partial charge on any atom is -0.466 e. The van der Waals surface area contributed by atoms with Crippen molar-refractivity contribution in [1.82, 2.24) is 14.5 Å². The van der Waals surface area contributed by atoms with Gasteiger partial charge >= 0.3 is 5.97 Å². The van der Waals surface area contributed by atoms with Gasteiger partial charge in [-0.15, -0.1) is 0 Å². The zero-order valence-corrected chi connectivity index (χ0v) is 19.6. The molecule has 6 nitrogen and oxygen atoms in total. The van der Waals surface area contributed by atoms with E-state index in [9.17, 15) is 4.79 Å². The fourth-order valence-electron chi connectivity index (χ4n) is 4.74. The number of nitrogens with zero attached hydrogens (tertiary/aromatic N) is 3. The van der Waals surface area contributed by atoms with Crippen molar-refractivity contribution in [3.05, 3.63) is 53.0 Å². The van der Waals surface area contributed by atoms with Crippen LogP contribution in [0.4, 0.5) is 5.69 Å². The first-order valence-corrected chi connectivity index (χ1v) is 11.8. The Balaban J connectivity index is 1.41. The van der Waals surface area contributed by atoms with Crippen molar-refractivity contribution in [2.75, 3.05) is 11.9 Å². The summed E-state index contributed by atoms with van der Waals surface area (Å²) in [5, 5.41) is 3.64. The molecule has 1 saturated carbocycles. The van der Waals surface area contributed by atoms with Crippen molar-refractivity contribution in [2.24, 2.45) is 5.92 Å². The number of carbonyl (C=O) groups excluding carboxylic acids is 1. The van der Waals surface area contributed by atoms with E-state index in [0.717, 1.165) is 67.0 Å². The molecule has 4 rings (SSSR count). The first kappa shape index (κ1) is 22.3. The van der Waals surface area contributed by atoms with Crippen molar-refractivity contribution < 1.29 is 9.53 Å². The lowest BCUT2D eigenvalue weighted by Crippen LogP contribution is -2.30. The Morgan fingerprint density at radius 2 is 1.81 bits per heavy atom. The largest absolute Gasteiger partial charge is 0.466 e. The second-order valence-corrected chi connectivity index (χ2v) is 8.86. The van der Waals surface area contributed by atoms with Crippen LogP contribution in [0.25, 0.3) is 11.2 Å². The molecule has 0 aliphatic heterocycles. The van der Waals surface area contributed by atoms with Crippen LogP contribution in [0.5, 0.6) is 0 Å². The van der Waals surface area contributed by atoms with Crippen LogP contribution >= 0.6 is 0 Å². The molecule has 3 aromatic rings. The molecule has 32 heavy (non-hydrogen) atoms. The number of aryl methyl sites for hydroxylation is 3. The lowest BCUT2D eigenvalue weighted by Gasteiger charge is -2.28. The monoisotopic (exact) mass is 434 g/mol. The van der Waals surface area contributed by atoms with E-state index in [4.69, 9.17) is 14.7 Å². The highest BCUT2D eigenvalue weighted by Crippen LogP contribution is 2.28. The van der Waals surface area contributed by atoms with Gasteiger partial charge in [0, 0.05) is 23.8 Å². The van der Waals surface area contributed by atoms with Crippen molar-refractivity contribution >= 4 is 22.8 Å². The van der Waals surface area contributed by atoms with Gasteiger partial charge in [0.05, 0.1) is 19.1 Å². The van der Waals surface area contributed by atoms with Gasteiger partial charge in [-0.2, -0.15) is 0 Å². The van der Waals surface area contributed by atoms with Crippen LogP contribution in [-0.2, 0) is 22.5 Å². The summed E-state index contributed by atoms with van der Waals surface area (Å²) in [6, 6.07) is 11.2. The van der Waals surface area contributed by atoms with Gasteiger partial charge in [-0.1, -0.05) is 19.1 Å². The summed E-state index contributed by atoms with van der Waals surface area (Å²) in [6.07, 6.45) is 4.66. The number of imidazole rings is 1. The van der Waals surface area contributed by atoms with E-state index in [2.05, 4.69) is 54.1 Å². The topological polar surface area (TPSA) is 69.0 Å². The number of benzene rings is 1. The standard InChI is InChI=1S/C26H34N4O2/c1-5-23-29-24-17(3)15-18(4)27-25(24)30(23)16-19-7-11-21(12-8-19)28-22-13-9-20(10-14-22)26(31)32-6-2/h7-8,11-12,15,20,22,28H,5-6,9-10,13-14,16H2,1-4H3. The van der Waals surface area contributed by atoms with E-state index in [1.165, 1.54) is 11.1 Å². The van der Waals surface area contributed by atoms with Crippen molar-refractivity contribution in [3.63, 3.8) is 0 Å². The number of anilines is 1. The molecule has 1 aliphatic carbocycles. The average molecular weight is 435 g/mol. The van der Waals surface area contributed by atoms with Crippen molar-refractivity contribution in [2.45, 2.75) is 72.4 Å². The maximum Gasteiger partial charge on any atom is 0.308 e. The van der Waals surface area contributed by atoms with Gasteiger partial charge in [0.2, 0.25) is 0 Å². The molecule has 0 saturated heterocycles. The molecule has 0 unspecified atom stereocenters. The molecule has 2 heterocycles. The highest BCUT2D eigenvalue weighted by Gasteiger charge is 2.27. The first-order valence-electron chi connectivity index (χ1n) is 11.8. The maximum absolute atomic E-state index is 11.9. The third-order valence-corrected chi connectivity index (χ3v) is 6.43. The van der Waals surface area contributed by atoms with Crippen LogP contribution in [0.3, 0.4) is 0 Å². The lowest BCUT2D eigenvalue weighted by molar-refractivity contribution is -0.149. The Morgan fingerprint density at radius 3 is 2.47 bits per heavy atom. The highest BCUT2D eigenvalue weighted by atomic mass is 16.5. The number of nitrogens with one attached hydrogen (secondary N) is 1. The van der Waals surface area contributed by atoms with Crippen LogP contribution in [0.15, 0.2) is 30.3 Å². The number of rotatable bonds is 7. The van der Waals surface area contributed by atoms with Gasteiger partial charge in [0.15, 0.2) is 5.65 Å². The second-order valence-electron chi connectivity index (χ2n) is 8.86. The van der Waals surface area contributed by atoms with Gasteiger partial charge in [0.1, 0.15) is 11.3 Å². The summed E-state index contributed by atoms with van der Waals surface area (Å²) in [4.78, 5) is 21.6. The fraction of sp³-hybridized carbons (Fsp3) is 0.500. The molecular formula is C26H34N4O2. The zero-order valence-electron chi connectivity index (χ0n) is 19.6. The quantitative estimate of drug-likeness (QED) is 0.518. The van der Waals surface area contributed by atoms with E-state index in [1.54, 1.807) is 0 Å². The Labute approximate surface area is 190 Å². The SMILES string of the molecule is CCOC(=O)C1CCC(Nc2ccc(Cn3c(CC)nc4c(C)cc(C)nc43)cc2)CC1. The number of esters is 1. The molecule has 0 radical (unpaired) electrons. The molecule has 2 aromatic heterocycles. The summed E-state index contributed by atoms with van der Waals surface area (Å²) in [7, 11) is 0. The summed E-state index contributed by atoms with van der Waals surface area (Å²) in [6.45, 7) is 9.38. The third kappa shape index (κ3) is 4.79. The van der Waals surface area contributed by atoms with Crippen LogP contribution in [-0.4, -0.2) is 33.2 Å². The summed E-state index contributed by atoms with van der Waals surface area (Å²) in [5.41, 5.74) is 6.54. The predicted octanol–water partition coefficient (Wildman–Crippen LogP) is 5.19. The number of fused-ring (bicyclic) bond motifs is 1. The van der Waals surface area contributed by atoms with E-state index in [0.29, 0.717) is 12.6 Å². The molecule has 1 aromatic carbocycles. The van der Waals surface area contributed by atoms with Gasteiger partial charge < -0.3 is 14.6 Å². The third-order valence-electron chi connectivity index (χ3n) is 6.43. The number of aromatic nitrogens is 3. The molecule has 170 valence electrons. The highest BCUT2D eigenvalue weighted by molar-refractivity contribution is 5.76. The molecule has 1 aliphatic rings. The summed E-state index contributed by atoms with van der Waals surface area (Å²) < 4.78 is 7.42. The Morgan fingerprint density at radius 1 is 1.09 bits per heavy atom. The van der Waals surface area contributed by atoms with Gasteiger partial charge in [-0.25, -0.2) is 9.97 Å². The van der Waals surface area contributed by atoms with Crippen LogP contribution in [0.2, 0.25) is 0 Å². The number of hydrogen-bond acceptors (Lipinski definition) is 5. The summed E-state index contributed by atoms with van der Waals surface area (Å²) in [5.74, 6) is 1.10. The van der Waals surface area contributed by atoms with Crippen LogP contribution in [0.1, 0.15) is 62.2 Å². The average Bonchev–Trinajstić information content (AvgIpc) is 3.13. The molecule has 1 fully saturated rings. The maximum atomic E-state index is 11.9.